The van der Waals surface area contributed by atoms with Gasteiger partial charge in [-0.25, -0.2) is 0 Å². The summed E-state index contributed by atoms with van der Waals surface area (Å²) in [7, 11) is 0. The number of benzene rings is 1. The Labute approximate surface area is 525 Å². The minimum absolute atomic E-state index is 0.366. The summed E-state index contributed by atoms with van der Waals surface area (Å²) in [5.41, 5.74) is 6.47. The maximum absolute atomic E-state index is 8.05. The SMILES string of the molecule is CCCCCCCCCCCCCCCC1(CCCCCCCCCCCCCCC)Oc2c3c(c4nsnc4c2-c2sccc21)-c1sccc1C(CCCCCCCCCCCCCCC)(CCCCCCCCCCCCCCC)O3. The van der Waals surface area contributed by atoms with Gasteiger partial charge in [-0.2, -0.15) is 8.75 Å². The van der Waals surface area contributed by atoms with E-state index in [2.05, 4.69) is 50.6 Å². The average molecular weight is 1200 g/mol. The van der Waals surface area contributed by atoms with E-state index in [4.69, 9.17) is 18.2 Å². The molecule has 0 amide bonds. The molecule has 0 atom stereocenters. The van der Waals surface area contributed by atoms with Crippen LogP contribution in [0.1, 0.15) is 398 Å². The maximum Gasteiger partial charge on any atom is 0.174 e. The summed E-state index contributed by atoms with van der Waals surface area (Å²) < 4.78 is 26.4. The number of ether oxygens (including phenoxy) is 2. The van der Waals surface area contributed by atoms with Crippen LogP contribution >= 0.6 is 34.4 Å². The topological polar surface area (TPSA) is 44.2 Å². The molecule has 0 spiro atoms. The van der Waals surface area contributed by atoms with Crippen LogP contribution < -0.4 is 9.47 Å². The van der Waals surface area contributed by atoms with Gasteiger partial charge >= 0.3 is 0 Å². The highest BCUT2D eigenvalue weighted by molar-refractivity contribution is 7.14. The van der Waals surface area contributed by atoms with Crippen LogP contribution in [0.4, 0.5) is 0 Å². The molecule has 0 saturated heterocycles. The number of thiophene rings is 2. The van der Waals surface area contributed by atoms with Crippen LogP contribution in [-0.4, -0.2) is 8.75 Å². The Morgan fingerprint density at radius 3 is 0.711 bits per heavy atom. The molecule has 4 nitrogen and oxygen atoms in total. The summed E-state index contributed by atoms with van der Waals surface area (Å²) in [6, 6.07) is 4.90. The van der Waals surface area contributed by atoms with E-state index in [0.717, 1.165) is 48.2 Å². The fourth-order valence-corrected chi connectivity index (χ4v) is 17.1. The molecule has 1 aromatic carbocycles. The van der Waals surface area contributed by atoms with Gasteiger partial charge in [0.1, 0.15) is 22.2 Å². The van der Waals surface area contributed by atoms with Crippen molar-refractivity contribution in [3.8, 4) is 32.4 Å². The van der Waals surface area contributed by atoms with E-state index < -0.39 is 0 Å². The van der Waals surface area contributed by atoms with Crippen LogP contribution in [0, 0.1) is 0 Å². The Hall–Kier alpha value is -1.96. The van der Waals surface area contributed by atoms with Crippen molar-refractivity contribution in [1.82, 2.24) is 8.75 Å². The second-order valence-electron chi connectivity index (χ2n) is 26.9. The van der Waals surface area contributed by atoms with Crippen molar-refractivity contribution < 1.29 is 9.47 Å². The van der Waals surface area contributed by atoms with Crippen LogP contribution in [0.25, 0.3) is 31.9 Å². The first-order valence-corrected chi connectivity index (χ1v) is 39.5. The summed E-state index contributed by atoms with van der Waals surface area (Å²) in [6.45, 7) is 9.30. The predicted molar refractivity (Wildman–Crippen MR) is 370 cm³/mol. The van der Waals surface area contributed by atoms with Gasteiger partial charge in [0.2, 0.25) is 0 Å². The molecule has 2 aliphatic rings. The zero-order chi connectivity index (χ0) is 58.1. The lowest BCUT2D eigenvalue weighted by atomic mass is 9.78. The molecule has 0 saturated carbocycles. The zero-order valence-corrected chi connectivity index (χ0v) is 57.3. The molecule has 0 unspecified atom stereocenters. The molecule has 6 rings (SSSR count). The molecular weight excluding hydrogens is 1070 g/mol. The highest BCUT2D eigenvalue weighted by Gasteiger charge is 2.49. The first-order valence-electron chi connectivity index (χ1n) is 37.0. The van der Waals surface area contributed by atoms with Crippen LogP contribution in [0.5, 0.6) is 11.5 Å². The van der Waals surface area contributed by atoms with Gasteiger partial charge in [-0.05, 0) is 74.3 Å². The van der Waals surface area contributed by atoms with Gasteiger partial charge in [0, 0.05) is 20.9 Å². The number of aromatic nitrogens is 2. The molecule has 0 fully saturated rings. The van der Waals surface area contributed by atoms with Crippen LogP contribution in [0.2, 0.25) is 0 Å². The molecule has 0 aliphatic carbocycles. The summed E-state index contributed by atoms with van der Waals surface area (Å²) in [4.78, 5) is 2.74. The minimum Gasteiger partial charge on any atom is -0.478 e. The molecule has 5 heterocycles. The average Bonchev–Trinajstić information content (AvgIpc) is 2.90. The first-order chi connectivity index (χ1) is 41.1. The second kappa shape index (κ2) is 43.6. The third-order valence-corrected chi connectivity index (χ3v) is 22.1. The monoisotopic (exact) mass is 1200 g/mol. The molecule has 4 aromatic rings. The van der Waals surface area contributed by atoms with Crippen LogP contribution in [0.3, 0.4) is 0 Å². The fourth-order valence-electron chi connectivity index (χ4n) is 14.5. The summed E-state index contributed by atoms with van der Waals surface area (Å²) in [5, 5.41) is 4.73. The Balaban J connectivity index is 1.17. The Morgan fingerprint density at radius 2 is 0.494 bits per heavy atom. The molecule has 0 bridgehead atoms. The summed E-state index contributed by atoms with van der Waals surface area (Å²) >= 11 is 5.21. The van der Waals surface area contributed by atoms with Gasteiger partial charge < -0.3 is 9.47 Å². The number of nitrogens with zero attached hydrogens (tertiary/aromatic N) is 2. The van der Waals surface area contributed by atoms with Gasteiger partial charge in [-0.15, -0.1) is 22.7 Å². The van der Waals surface area contributed by atoms with Gasteiger partial charge in [0.25, 0.3) is 0 Å². The highest BCUT2D eigenvalue weighted by atomic mass is 32.1. The molecule has 3 aromatic heterocycles. The van der Waals surface area contributed by atoms with E-state index in [1.807, 2.05) is 22.7 Å². The smallest absolute Gasteiger partial charge is 0.174 e. The van der Waals surface area contributed by atoms with E-state index >= 15 is 0 Å². The lowest BCUT2D eigenvalue weighted by Crippen LogP contribution is -2.39. The van der Waals surface area contributed by atoms with Crippen LogP contribution in [-0.2, 0) is 11.2 Å². The zero-order valence-electron chi connectivity index (χ0n) is 54.8. The maximum atomic E-state index is 8.05. The quantitative estimate of drug-likeness (QED) is 0.0413. The normalized spacial score (nSPS) is 14.0. The van der Waals surface area contributed by atoms with Gasteiger partial charge in [0.05, 0.1) is 22.9 Å². The minimum atomic E-state index is -0.366. The molecular formula is C76H128N2O2S3. The number of fused-ring (bicyclic) bond motifs is 10. The molecule has 83 heavy (non-hydrogen) atoms. The Kier molecular flexibility index (Phi) is 36.9. The molecule has 7 heteroatoms. The van der Waals surface area contributed by atoms with Crippen LogP contribution in [0.15, 0.2) is 22.9 Å². The highest BCUT2D eigenvalue weighted by Crippen LogP contribution is 2.64. The third kappa shape index (κ3) is 24.2. The largest absolute Gasteiger partial charge is 0.478 e. The van der Waals surface area contributed by atoms with E-state index in [1.165, 1.54) is 378 Å². The molecule has 2 aliphatic heterocycles. The molecule has 0 N–H and O–H groups in total. The Bertz CT molecular complexity index is 1990. The summed E-state index contributed by atoms with van der Waals surface area (Å²) in [5.74, 6) is 2.00. The number of hydrogen-bond acceptors (Lipinski definition) is 7. The standard InChI is InChI=1S/C76H128N2O2S3/c1-5-9-13-17-21-25-29-33-37-41-45-49-53-59-75(60-54-50-46-42-38-34-30-26-22-18-14-10-6-2)65-57-63-81-73(65)67-69-70(78-83-77-69)68-72(71(67)79-75)80-76(66-58-64-82-74(66)68,61-55-51-47-43-39-35-31-27-23-19-15-11-7-3)62-56-52-48-44-40-36-32-28-24-20-16-12-8-4/h57-58,63-64H,5-56,59-62H2,1-4H3. The van der Waals surface area contributed by atoms with E-state index in [9.17, 15) is 0 Å². The van der Waals surface area contributed by atoms with Gasteiger partial charge in [-0.3, -0.25) is 0 Å². The van der Waals surface area contributed by atoms with E-state index in [-0.39, 0.29) is 11.2 Å². The number of rotatable bonds is 56. The van der Waals surface area contributed by atoms with Crippen molar-refractivity contribution in [2.75, 3.05) is 0 Å². The lowest BCUT2D eigenvalue weighted by Gasteiger charge is -2.44. The van der Waals surface area contributed by atoms with Crippen molar-refractivity contribution in [3.63, 3.8) is 0 Å². The van der Waals surface area contributed by atoms with Crippen molar-refractivity contribution in [2.24, 2.45) is 0 Å². The number of unbranched alkanes of at least 4 members (excludes halogenated alkanes) is 48. The van der Waals surface area contributed by atoms with Crippen molar-refractivity contribution >= 4 is 45.4 Å². The lowest BCUT2D eigenvalue weighted by molar-refractivity contribution is 0.0119. The third-order valence-electron chi connectivity index (χ3n) is 19.7. The van der Waals surface area contributed by atoms with Crippen molar-refractivity contribution in [1.29, 1.82) is 0 Å². The molecule has 472 valence electrons. The predicted octanol–water partition coefficient (Wildman–Crippen LogP) is 28.2. The summed E-state index contributed by atoms with van der Waals surface area (Å²) in [6.07, 6.45) is 75.9. The van der Waals surface area contributed by atoms with Crippen molar-refractivity contribution in [3.05, 3.63) is 34.0 Å². The van der Waals surface area contributed by atoms with E-state index in [1.54, 1.807) is 0 Å². The second-order valence-corrected chi connectivity index (χ2v) is 29.2. The number of hydrogen-bond donors (Lipinski definition) is 0. The van der Waals surface area contributed by atoms with Crippen molar-refractivity contribution in [2.45, 2.75) is 398 Å². The first kappa shape index (κ1) is 70.1. The fraction of sp³-hybridized carbons (Fsp3) is 0.816. The van der Waals surface area contributed by atoms with E-state index in [0.29, 0.717) is 0 Å². The van der Waals surface area contributed by atoms with Gasteiger partial charge in [0.15, 0.2) is 11.5 Å². The molecule has 0 radical (unpaired) electrons. The Morgan fingerprint density at radius 1 is 0.289 bits per heavy atom. The van der Waals surface area contributed by atoms with Gasteiger partial charge in [-0.1, -0.05) is 336 Å².